The predicted molar refractivity (Wildman–Crippen MR) is 121 cm³/mol. The zero-order chi connectivity index (χ0) is 22.8. The number of methoxy groups -OCH3 is 1. The molecule has 1 atom stereocenters. The van der Waals surface area contributed by atoms with Gasteiger partial charge in [0, 0.05) is 0 Å². The SMILES string of the molecule is COC(C)OCOc1cc([Se]c2ccc(C(=O)O)cn2)cc2c1C(C)(C)CCC2(C)C. The zero-order valence-corrected chi connectivity index (χ0v) is 20.7. The van der Waals surface area contributed by atoms with Crippen LogP contribution in [-0.4, -0.2) is 51.2 Å². The third-order valence-electron chi connectivity index (χ3n) is 5.91. The molecule has 1 unspecified atom stereocenters. The predicted octanol–water partition coefficient (Wildman–Crippen LogP) is 3.13. The quantitative estimate of drug-likeness (QED) is 0.451. The Bertz CT molecular complexity index is 940. The molecule has 0 bridgehead atoms. The number of ether oxygens (including phenoxy) is 3. The molecule has 0 aliphatic heterocycles. The number of fused-ring (bicyclic) bond motifs is 1. The summed E-state index contributed by atoms with van der Waals surface area (Å²) < 4.78 is 18.9. The number of carboxylic acids is 1. The molecule has 0 radical (unpaired) electrons. The second-order valence-electron chi connectivity index (χ2n) is 9.14. The molecule has 0 saturated heterocycles. The normalized spacial score (nSPS) is 17.6. The van der Waals surface area contributed by atoms with E-state index < -0.39 is 5.97 Å². The van der Waals surface area contributed by atoms with Gasteiger partial charge in [0.25, 0.3) is 0 Å². The van der Waals surface area contributed by atoms with Crippen LogP contribution < -0.4 is 13.8 Å². The van der Waals surface area contributed by atoms with E-state index in [2.05, 4.69) is 44.8 Å². The summed E-state index contributed by atoms with van der Waals surface area (Å²) in [5.74, 6) is -0.122. The van der Waals surface area contributed by atoms with Crippen molar-refractivity contribution in [2.24, 2.45) is 0 Å². The standard InChI is InChI=1S/C24H31NO5Se/c1-15(28-6)29-14-30-19-12-17(31-20-8-7-16(13-25-20)22(26)27)11-18-21(19)24(4,5)10-9-23(18,2)3/h7-8,11-13,15H,9-10,14H2,1-6H3,(H,26,27). The molecule has 1 aromatic carbocycles. The molecule has 0 spiro atoms. The molecule has 0 amide bonds. The maximum absolute atomic E-state index is 11.1. The van der Waals surface area contributed by atoms with Crippen LogP contribution in [0.1, 0.15) is 68.9 Å². The first kappa shape index (κ1) is 23.7. The summed E-state index contributed by atoms with van der Waals surface area (Å²) in [6.07, 6.45) is 3.26. The van der Waals surface area contributed by atoms with Gasteiger partial charge in [-0.15, -0.1) is 0 Å². The topological polar surface area (TPSA) is 77.9 Å². The maximum atomic E-state index is 11.1. The number of hydrogen-bond acceptors (Lipinski definition) is 5. The fraction of sp³-hybridized carbons (Fsp3) is 0.500. The summed E-state index contributed by atoms with van der Waals surface area (Å²) in [6, 6.07) is 7.78. The van der Waals surface area contributed by atoms with E-state index in [9.17, 15) is 4.79 Å². The fourth-order valence-corrected chi connectivity index (χ4v) is 5.56. The Balaban J connectivity index is 1.98. The molecule has 1 aliphatic rings. The number of pyridine rings is 1. The first-order chi connectivity index (χ1) is 14.5. The molecule has 7 heteroatoms. The molecule has 2 aromatic rings. The van der Waals surface area contributed by atoms with Crippen LogP contribution in [0.5, 0.6) is 5.75 Å². The van der Waals surface area contributed by atoms with E-state index in [1.807, 2.05) is 6.92 Å². The molecule has 31 heavy (non-hydrogen) atoms. The van der Waals surface area contributed by atoms with Gasteiger partial charge in [-0.05, 0) is 0 Å². The van der Waals surface area contributed by atoms with E-state index in [-0.39, 0.29) is 44.4 Å². The van der Waals surface area contributed by atoms with E-state index >= 15 is 0 Å². The van der Waals surface area contributed by atoms with Gasteiger partial charge in [0.15, 0.2) is 0 Å². The van der Waals surface area contributed by atoms with Crippen LogP contribution >= 0.6 is 0 Å². The van der Waals surface area contributed by atoms with Crippen molar-refractivity contribution in [2.75, 3.05) is 13.9 Å². The summed E-state index contributed by atoms with van der Waals surface area (Å²) in [7, 11) is 1.60. The Kier molecular flexibility index (Phi) is 7.11. The van der Waals surface area contributed by atoms with Crippen molar-refractivity contribution in [3.63, 3.8) is 0 Å². The van der Waals surface area contributed by atoms with Crippen molar-refractivity contribution in [2.45, 2.75) is 64.6 Å². The first-order valence-corrected chi connectivity index (χ1v) is 12.1. The van der Waals surface area contributed by atoms with Gasteiger partial charge < -0.3 is 0 Å². The van der Waals surface area contributed by atoms with E-state index in [0.717, 1.165) is 27.6 Å². The number of aromatic carboxylic acids is 1. The second kappa shape index (κ2) is 9.29. The number of carbonyl (C=O) groups is 1. The molecule has 168 valence electrons. The van der Waals surface area contributed by atoms with Crippen LogP contribution in [0.4, 0.5) is 0 Å². The fourth-order valence-electron chi connectivity index (χ4n) is 3.83. The van der Waals surface area contributed by atoms with E-state index in [4.69, 9.17) is 19.3 Å². The van der Waals surface area contributed by atoms with Gasteiger partial charge in [0.05, 0.1) is 0 Å². The Hall–Kier alpha value is -1.92. The Morgan fingerprint density at radius 3 is 2.52 bits per heavy atom. The van der Waals surface area contributed by atoms with Crippen molar-refractivity contribution in [3.05, 3.63) is 47.2 Å². The van der Waals surface area contributed by atoms with Crippen molar-refractivity contribution >= 4 is 30.0 Å². The van der Waals surface area contributed by atoms with Gasteiger partial charge in [-0.2, -0.15) is 0 Å². The molecule has 0 saturated carbocycles. The van der Waals surface area contributed by atoms with E-state index in [0.29, 0.717) is 0 Å². The van der Waals surface area contributed by atoms with Gasteiger partial charge in [0.2, 0.25) is 0 Å². The van der Waals surface area contributed by atoms with Gasteiger partial charge in [0.1, 0.15) is 0 Å². The Morgan fingerprint density at radius 1 is 1.19 bits per heavy atom. The third kappa shape index (κ3) is 5.47. The molecule has 0 fully saturated rings. The number of carboxylic acid groups (broad SMARTS) is 1. The van der Waals surface area contributed by atoms with E-state index in [1.165, 1.54) is 17.3 Å². The van der Waals surface area contributed by atoms with Crippen molar-refractivity contribution in [1.29, 1.82) is 0 Å². The number of aromatic nitrogens is 1. The molecule has 1 aromatic heterocycles. The second-order valence-corrected chi connectivity index (χ2v) is 11.4. The molecule has 1 heterocycles. The summed E-state index contributed by atoms with van der Waals surface area (Å²) in [5.41, 5.74) is 2.78. The van der Waals surface area contributed by atoms with Gasteiger partial charge >= 0.3 is 190 Å². The summed E-state index contributed by atoms with van der Waals surface area (Å²) >= 11 is -0.0808. The summed E-state index contributed by atoms with van der Waals surface area (Å²) in [4.78, 5) is 15.5. The van der Waals surface area contributed by atoms with Crippen molar-refractivity contribution in [3.8, 4) is 5.75 Å². The average molecular weight is 492 g/mol. The Labute approximate surface area is 190 Å². The number of benzene rings is 1. The van der Waals surface area contributed by atoms with Crippen molar-refractivity contribution < 1.29 is 24.1 Å². The molecule has 6 nitrogen and oxygen atoms in total. The minimum atomic E-state index is -0.967. The molecular formula is C24H31NO5Se. The average Bonchev–Trinajstić information content (AvgIpc) is 2.71. The summed E-state index contributed by atoms with van der Waals surface area (Å²) in [6.45, 7) is 11.0. The molecular weight excluding hydrogens is 461 g/mol. The first-order valence-electron chi connectivity index (χ1n) is 10.4. The zero-order valence-electron chi connectivity index (χ0n) is 19.0. The van der Waals surface area contributed by atoms with Crippen LogP contribution in [-0.2, 0) is 20.3 Å². The van der Waals surface area contributed by atoms with Crippen LogP contribution in [0, 0.1) is 0 Å². The number of nitrogens with zero attached hydrogens (tertiary/aromatic N) is 1. The van der Waals surface area contributed by atoms with Gasteiger partial charge in [-0.3, -0.25) is 0 Å². The minimum absolute atomic E-state index is 0.0000249. The van der Waals surface area contributed by atoms with Crippen LogP contribution in [0.3, 0.4) is 0 Å². The monoisotopic (exact) mass is 493 g/mol. The van der Waals surface area contributed by atoms with Gasteiger partial charge in [-0.25, -0.2) is 0 Å². The van der Waals surface area contributed by atoms with Crippen LogP contribution in [0.15, 0.2) is 30.5 Å². The van der Waals surface area contributed by atoms with E-state index in [1.54, 1.807) is 19.2 Å². The number of rotatable bonds is 8. The number of hydrogen-bond donors (Lipinski definition) is 1. The molecule has 1 aliphatic carbocycles. The molecule has 3 rings (SSSR count). The Morgan fingerprint density at radius 2 is 1.90 bits per heavy atom. The molecule has 1 N–H and O–H groups in total. The van der Waals surface area contributed by atoms with Crippen molar-refractivity contribution in [1.82, 2.24) is 4.98 Å². The third-order valence-corrected chi connectivity index (χ3v) is 7.85. The van der Waals surface area contributed by atoms with Crippen LogP contribution in [0.25, 0.3) is 0 Å². The summed E-state index contributed by atoms with van der Waals surface area (Å²) in [5, 5.41) is 9.11. The van der Waals surface area contributed by atoms with Crippen LogP contribution in [0.2, 0.25) is 0 Å². The van der Waals surface area contributed by atoms with Gasteiger partial charge in [-0.1, -0.05) is 0 Å².